The topological polar surface area (TPSA) is 128 Å². The Bertz CT molecular complexity index is 808. The van der Waals surface area contributed by atoms with E-state index in [4.69, 9.17) is 9.47 Å². The Balaban J connectivity index is 1.77. The molecule has 2 aromatic carbocycles. The lowest BCUT2D eigenvalue weighted by atomic mass is 9.91. The number of aliphatic hydroxyl groups excluding tert-OH is 4. The minimum Gasteiger partial charge on any atom is -0.457 e. The van der Waals surface area contributed by atoms with Gasteiger partial charge in [-0.25, -0.2) is 0 Å². The fourth-order valence-electron chi connectivity index (χ4n) is 3.09. The summed E-state index contributed by atoms with van der Waals surface area (Å²) < 4.78 is 11.4. The largest absolute Gasteiger partial charge is 0.457 e. The highest BCUT2D eigenvalue weighted by Gasteiger charge is 2.43. The fourth-order valence-corrected chi connectivity index (χ4v) is 3.09. The number of hydrogen-bond donors (Lipinski definition) is 5. The first-order chi connectivity index (χ1) is 13.4. The quantitative estimate of drug-likeness (QED) is 0.499. The summed E-state index contributed by atoms with van der Waals surface area (Å²) in [7, 11) is 1.55. The number of nitrogens with one attached hydrogen (secondary N) is 1. The molecular formula is C20H23NO7. The van der Waals surface area contributed by atoms with E-state index in [9.17, 15) is 25.2 Å². The molecule has 150 valence electrons. The van der Waals surface area contributed by atoms with Crippen molar-refractivity contribution in [2.45, 2.75) is 30.5 Å². The lowest BCUT2D eigenvalue weighted by molar-refractivity contribution is -0.231. The molecule has 1 fully saturated rings. The molecule has 1 heterocycles. The Morgan fingerprint density at radius 2 is 1.75 bits per heavy atom. The van der Waals surface area contributed by atoms with Crippen molar-refractivity contribution in [2.75, 3.05) is 13.7 Å². The molecule has 0 unspecified atom stereocenters. The lowest BCUT2D eigenvalue weighted by Crippen LogP contribution is -2.55. The molecule has 8 nitrogen and oxygen atoms in total. The second kappa shape index (κ2) is 8.68. The molecule has 5 N–H and O–H groups in total. The zero-order chi connectivity index (χ0) is 20.3. The van der Waals surface area contributed by atoms with E-state index in [1.807, 2.05) is 0 Å². The number of benzene rings is 2. The third-order valence-electron chi connectivity index (χ3n) is 4.66. The summed E-state index contributed by atoms with van der Waals surface area (Å²) in [5, 5.41) is 42.0. The Labute approximate surface area is 162 Å². The highest BCUT2D eigenvalue weighted by Crippen LogP contribution is 2.34. The Morgan fingerprint density at radius 1 is 1.04 bits per heavy atom. The van der Waals surface area contributed by atoms with Crippen LogP contribution in [-0.4, -0.2) is 64.4 Å². The molecule has 1 aliphatic rings. The van der Waals surface area contributed by atoms with Gasteiger partial charge in [0, 0.05) is 12.6 Å². The van der Waals surface area contributed by atoms with Crippen LogP contribution in [0.1, 0.15) is 22.0 Å². The zero-order valence-corrected chi connectivity index (χ0v) is 15.2. The molecule has 0 aromatic heterocycles. The fraction of sp³-hybridized carbons (Fsp3) is 0.350. The van der Waals surface area contributed by atoms with Crippen LogP contribution in [-0.2, 0) is 4.74 Å². The van der Waals surface area contributed by atoms with Crippen molar-refractivity contribution in [1.29, 1.82) is 0 Å². The van der Waals surface area contributed by atoms with E-state index < -0.39 is 37.1 Å². The summed E-state index contributed by atoms with van der Waals surface area (Å²) in [4.78, 5) is 11.6. The van der Waals surface area contributed by atoms with Crippen molar-refractivity contribution in [3.8, 4) is 11.5 Å². The number of amides is 1. The molecule has 3 rings (SSSR count). The predicted molar refractivity (Wildman–Crippen MR) is 99.1 cm³/mol. The molecule has 2 aromatic rings. The molecule has 0 spiro atoms. The second-order valence-electron chi connectivity index (χ2n) is 6.53. The van der Waals surface area contributed by atoms with Crippen molar-refractivity contribution in [3.63, 3.8) is 0 Å². The minimum atomic E-state index is -1.45. The summed E-state index contributed by atoms with van der Waals surface area (Å²) >= 11 is 0. The predicted octanol–water partition coefficient (Wildman–Crippen LogP) is 0.353. The summed E-state index contributed by atoms with van der Waals surface area (Å²) in [6, 6.07) is 13.3. The second-order valence-corrected chi connectivity index (χ2v) is 6.53. The van der Waals surface area contributed by atoms with Crippen LogP contribution >= 0.6 is 0 Å². The van der Waals surface area contributed by atoms with E-state index in [-0.39, 0.29) is 5.91 Å². The van der Waals surface area contributed by atoms with Crippen molar-refractivity contribution in [2.24, 2.45) is 0 Å². The number of hydrogen-bond acceptors (Lipinski definition) is 7. The number of carbonyl (C=O) groups excluding carboxylic acids is 1. The van der Waals surface area contributed by atoms with E-state index >= 15 is 0 Å². The number of ether oxygens (including phenoxy) is 2. The monoisotopic (exact) mass is 389 g/mol. The molecule has 1 amide bonds. The summed E-state index contributed by atoms with van der Waals surface area (Å²) in [6.45, 7) is -0.491. The van der Waals surface area contributed by atoms with E-state index in [1.165, 1.54) is 0 Å². The van der Waals surface area contributed by atoms with Crippen molar-refractivity contribution in [1.82, 2.24) is 5.32 Å². The third kappa shape index (κ3) is 4.16. The molecule has 0 aliphatic carbocycles. The molecule has 5 atom stereocenters. The lowest BCUT2D eigenvalue weighted by Gasteiger charge is -2.40. The maximum Gasteiger partial charge on any atom is 0.251 e. The van der Waals surface area contributed by atoms with Crippen LogP contribution in [0, 0.1) is 0 Å². The van der Waals surface area contributed by atoms with Gasteiger partial charge in [0.05, 0.1) is 6.61 Å². The molecule has 0 saturated carbocycles. The minimum absolute atomic E-state index is 0.198. The number of aliphatic hydroxyl groups is 4. The van der Waals surface area contributed by atoms with Gasteiger partial charge in [0.25, 0.3) is 5.91 Å². The van der Waals surface area contributed by atoms with Gasteiger partial charge in [0.1, 0.15) is 42.0 Å². The molecule has 8 heteroatoms. The first-order valence-corrected chi connectivity index (χ1v) is 8.85. The zero-order valence-electron chi connectivity index (χ0n) is 15.2. The van der Waals surface area contributed by atoms with Crippen molar-refractivity contribution >= 4 is 5.91 Å². The van der Waals surface area contributed by atoms with E-state index in [1.54, 1.807) is 55.6 Å². The van der Waals surface area contributed by atoms with Gasteiger partial charge in [-0.15, -0.1) is 0 Å². The average Bonchev–Trinajstić information content (AvgIpc) is 2.72. The highest BCUT2D eigenvalue weighted by atomic mass is 16.5. The Kier molecular flexibility index (Phi) is 6.28. The van der Waals surface area contributed by atoms with Crippen LogP contribution in [0.15, 0.2) is 48.5 Å². The van der Waals surface area contributed by atoms with Crippen LogP contribution < -0.4 is 10.1 Å². The summed E-state index contributed by atoms with van der Waals surface area (Å²) in [5.41, 5.74) is 1.03. The molecule has 0 radical (unpaired) electrons. The van der Waals surface area contributed by atoms with Crippen LogP contribution in [0.5, 0.6) is 11.5 Å². The SMILES string of the molecule is CNC(=O)c1ccc(Oc2cccc([C@H]3O[C@H](CO)[C@@H](O)[C@H](O)[C@H]3O)c2)cc1. The van der Waals surface area contributed by atoms with Gasteiger partial charge in [-0.2, -0.15) is 0 Å². The Hall–Kier alpha value is -2.49. The molecule has 0 bridgehead atoms. The van der Waals surface area contributed by atoms with Crippen LogP contribution in [0.3, 0.4) is 0 Å². The average molecular weight is 389 g/mol. The third-order valence-corrected chi connectivity index (χ3v) is 4.66. The molecular weight excluding hydrogens is 366 g/mol. The summed E-state index contributed by atoms with van der Waals surface area (Å²) in [5.74, 6) is 0.775. The number of carbonyl (C=O) groups is 1. The maximum atomic E-state index is 11.6. The van der Waals surface area contributed by atoms with Crippen LogP contribution in [0.25, 0.3) is 0 Å². The van der Waals surface area contributed by atoms with Gasteiger partial charge in [-0.1, -0.05) is 12.1 Å². The van der Waals surface area contributed by atoms with Gasteiger partial charge in [-0.05, 0) is 42.0 Å². The van der Waals surface area contributed by atoms with Gasteiger partial charge >= 0.3 is 0 Å². The van der Waals surface area contributed by atoms with Gasteiger partial charge < -0.3 is 35.2 Å². The van der Waals surface area contributed by atoms with Crippen molar-refractivity contribution < 1.29 is 34.7 Å². The first-order valence-electron chi connectivity index (χ1n) is 8.85. The molecule has 28 heavy (non-hydrogen) atoms. The normalized spacial score (nSPS) is 27.2. The standard InChI is InChI=1S/C20H23NO7/c1-21-20(26)11-5-7-13(8-6-11)27-14-4-2-3-12(9-14)19-18(25)17(24)16(23)15(10-22)28-19/h2-9,15-19,22-25H,10H2,1H3,(H,21,26)/t15-,16-,17+,18-,19-/m1/s1. The first kappa shape index (κ1) is 20.2. The van der Waals surface area contributed by atoms with Crippen LogP contribution in [0.2, 0.25) is 0 Å². The molecule has 1 aliphatic heterocycles. The Morgan fingerprint density at radius 3 is 2.39 bits per heavy atom. The van der Waals surface area contributed by atoms with E-state index in [0.29, 0.717) is 22.6 Å². The highest BCUT2D eigenvalue weighted by molar-refractivity contribution is 5.94. The van der Waals surface area contributed by atoms with Gasteiger partial charge in [0.2, 0.25) is 0 Å². The van der Waals surface area contributed by atoms with Gasteiger partial charge in [-0.3, -0.25) is 4.79 Å². The van der Waals surface area contributed by atoms with E-state index in [0.717, 1.165) is 0 Å². The van der Waals surface area contributed by atoms with E-state index in [2.05, 4.69) is 5.32 Å². The van der Waals surface area contributed by atoms with Crippen LogP contribution in [0.4, 0.5) is 0 Å². The molecule has 1 saturated heterocycles. The van der Waals surface area contributed by atoms with Gasteiger partial charge in [0.15, 0.2) is 0 Å². The van der Waals surface area contributed by atoms with Crippen molar-refractivity contribution in [3.05, 3.63) is 59.7 Å². The summed E-state index contributed by atoms with van der Waals surface area (Å²) in [6.07, 6.45) is -6.13. The smallest absolute Gasteiger partial charge is 0.251 e. The number of rotatable bonds is 5. The maximum absolute atomic E-state index is 11.6.